The molecule has 1 aliphatic rings. The first-order valence-electron chi connectivity index (χ1n) is 5.81. The molecule has 1 fully saturated rings. The van der Waals surface area contributed by atoms with E-state index in [-0.39, 0.29) is 11.7 Å². The molecular formula is C12H18N2OS2. The van der Waals surface area contributed by atoms with E-state index < -0.39 is 0 Å². The van der Waals surface area contributed by atoms with Gasteiger partial charge in [-0.05, 0) is 32.9 Å². The zero-order valence-electron chi connectivity index (χ0n) is 10.4. The largest absolute Gasteiger partial charge is 0.396 e. The predicted molar refractivity (Wildman–Crippen MR) is 76.3 cm³/mol. The van der Waals surface area contributed by atoms with Gasteiger partial charge in [0.15, 0.2) is 5.78 Å². The average molecular weight is 270 g/mol. The van der Waals surface area contributed by atoms with Crippen molar-refractivity contribution in [3.63, 3.8) is 0 Å². The fourth-order valence-electron chi connectivity index (χ4n) is 1.70. The molecule has 0 amide bonds. The van der Waals surface area contributed by atoms with E-state index >= 15 is 0 Å². The molecule has 0 spiro atoms. The van der Waals surface area contributed by atoms with Crippen molar-refractivity contribution in [2.75, 3.05) is 17.3 Å². The van der Waals surface area contributed by atoms with E-state index in [0.717, 1.165) is 27.6 Å². The molecule has 0 saturated heterocycles. The summed E-state index contributed by atoms with van der Waals surface area (Å²) in [5.74, 6) is 0.470. The molecule has 0 aromatic carbocycles. The van der Waals surface area contributed by atoms with Crippen LogP contribution in [-0.4, -0.2) is 18.1 Å². The Morgan fingerprint density at radius 1 is 1.53 bits per heavy atom. The van der Waals surface area contributed by atoms with E-state index in [1.54, 1.807) is 11.8 Å². The second-order valence-corrected chi connectivity index (χ2v) is 6.48. The summed E-state index contributed by atoms with van der Waals surface area (Å²) >= 11 is 3.11. The Balaban J connectivity index is 2.33. The second kappa shape index (κ2) is 4.90. The highest BCUT2D eigenvalue weighted by atomic mass is 32.2. The summed E-state index contributed by atoms with van der Waals surface area (Å²) in [6.07, 6.45) is 4.05. The standard InChI is InChI=1S/C12H18N2OS2/c1-6(2)14-12-11(16-3)8(13)10(17-12)9(15)7-4-5-7/h6-7,14H,4-5,13H2,1-3H3. The highest BCUT2D eigenvalue weighted by Crippen LogP contribution is 2.45. The molecule has 3 nitrogen and oxygen atoms in total. The van der Waals surface area contributed by atoms with Crippen LogP contribution in [0, 0.1) is 5.92 Å². The number of nitrogens with one attached hydrogen (secondary N) is 1. The lowest BCUT2D eigenvalue weighted by molar-refractivity contribution is 0.0972. The van der Waals surface area contributed by atoms with Crippen molar-refractivity contribution < 1.29 is 4.79 Å². The molecule has 0 unspecified atom stereocenters. The van der Waals surface area contributed by atoms with E-state index in [1.807, 2.05) is 6.26 Å². The van der Waals surface area contributed by atoms with Gasteiger partial charge in [-0.3, -0.25) is 4.79 Å². The highest BCUT2D eigenvalue weighted by molar-refractivity contribution is 7.99. The van der Waals surface area contributed by atoms with Crippen molar-refractivity contribution in [3.05, 3.63) is 4.88 Å². The SMILES string of the molecule is CSc1c(NC(C)C)sc(C(=O)C2CC2)c1N. The Kier molecular flexibility index (Phi) is 3.68. The van der Waals surface area contributed by atoms with Gasteiger partial charge in [0.25, 0.3) is 0 Å². The Bertz CT molecular complexity index is 436. The first-order chi connectivity index (χ1) is 8.04. The summed E-state index contributed by atoms with van der Waals surface area (Å²) in [7, 11) is 0. The number of hydrogen-bond acceptors (Lipinski definition) is 5. The Hall–Kier alpha value is -0.680. The molecule has 1 heterocycles. The van der Waals surface area contributed by atoms with Crippen molar-refractivity contribution >= 4 is 39.6 Å². The average Bonchev–Trinajstić information content (AvgIpc) is 3.04. The molecule has 3 N–H and O–H groups in total. The third-order valence-corrected chi connectivity index (χ3v) is 4.81. The van der Waals surface area contributed by atoms with Crippen LogP contribution >= 0.6 is 23.1 Å². The van der Waals surface area contributed by atoms with E-state index in [9.17, 15) is 4.79 Å². The first-order valence-corrected chi connectivity index (χ1v) is 7.85. The molecule has 17 heavy (non-hydrogen) atoms. The minimum absolute atomic E-state index is 0.234. The molecule has 1 saturated carbocycles. The smallest absolute Gasteiger partial charge is 0.178 e. The lowest BCUT2D eigenvalue weighted by Gasteiger charge is -2.08. The Morgan fingerprint density at radius 2 is 2.18 bits per heavy atom. The lowest BCUT2D eigenvalue weighted by Crippen LogP contribution is -2.08. The van der Waals surface area contributed by atoms with E-state index in [4.69, 9.17) is 5.73 Å². The first kappa shape index (κ1) is 12.8. The quantitative estimate of drug-likeness (QED) is 0.635. The maximum Gasteiger partial charge on any atom is 0.178 e. The van der Waals surface area contributed by atoms with Crippen LogP contribution in [0.3, 0.4) is 0 Å². The van der Waals surface area contributed by atoms with Crippen LogP contribution < -0.4 is 11.1 Å². The van der Waals surface area contributed by atoms with Gasteiger partial charge in [0.2, 0.25) is 0 Å². The van der Waals surface area contributed by atoms with Crippen molar-refractivity contribution in [1.82, 2.24) is 0 Å². The molecule has 0 atom stereocenters. The highest BCUT2D eigenvalue weighted by Gasteiger charge is 2.34. The van der Waals surface area contributed by atoms with Crippen LogP contribution in [0.2, 0.25) is 0 Å². The van der Waals surface area contributed by atoms with Crippen LogP contribution in [0.15, 0.2) is 4.90 Å². The minimum Gasteiger partial charge on any atom is -0.396 e. The van der Waals surface area contributed by atoms with Crippen LogP contribution in [0.5, 0.6) is 0 Å². The number of carbonyl (C=O) groups excluding carboxylic acids is 1. The number of nitrogens with two attached hydrogens (primary N) is 1. The van der Waals surface area contributed by atoms with Gasteiger partial charge in [0.1, 0.15) is 5.00 Å². The Labute approximate surface area is 110 Å². The van der Waals surface area contributed by atoms with Crippen molar-refractivity contribution in [1.29, 1.82) is 0 Å². The van der Waals surface area contributed by atoms with E-state index in [0.29, 0.717) is 11.7 Å². The van der Waals surface area contributed by atoms with Crippen LogP contribution in [0.1, 0.15) is 36.4 Å². The van der Waals surface area contributed by atoms with Gasteiger partial charge in [-0.15, -0.1) is 23.1 Å². The van der Waals surface area contributed by atoms with Crippen molar-refractivity contribution in [2.45, 2.75) is 37.6 Å². The summed E-state index contributed by atoms with van der Waals surface area (Å²) < 4.78 is 0. The lowest BCUT2D eigenvalue weighted by atomic mass is 10.2. The molecule has 94 valence electrons. The summed E-state index contributed by atoms with van der Waals surface area (Å²) in [6, 6.07) is 0.350. The van der Waals surface area contributed by atoms with Crippen LogP contribution in [-0.2, 0) is 0 Å². The van der Waals surface area contributed by atoms with Gasteiger partial charge in [0, 0.05) is 12.0 Å². The van der Waals surface area contributed by atoms with Crippen molar-refractivity contribution in [2.24, 2.45) is 5.92 Å². The molecular weight excluding hydrogens is 252 g/mol. The second-order valence-electron chi connectivity index (χ2n) is 4.64. The Morgan fingerprint density at radius 3 is 2.65 bits per heavy atom. The number of carbonyl (C=O) groups is 1. The minimum atomic E-state index is 0.234. The molecule has 0 bridgehead atoms. The molecule has 5 heteroatoms. The number of Topliss-reactive ketones (excluding diaryl/α,β-unsaturated/α-hetero) is 1. The zero-order valence-corrected chi connectivity index (χ0v) is 12.0. The predicted octanol–water partition coefficient (Wildman–Crippen LogP) is 3.47. The van der Waals surface area contributed by atoms with Gasteiger partial charge >= 0.3 is 0 Å². The molecule has 0 radical (unpaired) electrons. The molecule has 1 aromatic heterocycles. The molecule has 1 aliphatic carbocycles. The number of thiophene rings is 1. The molecule has 0 aliphatic heterocycles. The van der Waals surface area contributed by atoms with E-state index in [2.05, 4.69) is 19.2 Å². The van der Waals surface area contributed by atoms with Gasteiger partial charge in [0.05, 0.1) is 15.5 Å². The number of nitrogen functional groups attached to an aromatic ring is 1. The normalized spacial score (nSPS) is 15.3. The topological polar surface area (TPSA) is 55.1 Å². The van der Waals surface area contributed by atoms with Crippen LogP contribution in [0.25, 0.3) is 0 Å². The van der Waals surface area contributed by atoms with Gasteiger partial charge in [-0.25, -0.2) is 0 Å². The maximum absolute atomic E-state index is 12.1. The number of rotatable bonds is 5. The monoisotopic (exact) mass is 270 g/mol. The summed E-state index contributed by atoms with van der Waals surface area (Å²) in [4.78, 5) is 13.9. The number of ketones is 1. The summed E-state index contributed by atoms with van der Waals surface area (Å²) in [6.45, 7) is 4.17. The van der Waals surface area contributed by atoms with E-state index in [1.165, 1.54) is 11.3 Å². The fourth-order valence-corrected chi connectivity index (χ4v) is 3.89. The van der Waals surface area contributed by atoms with Crippen molar-refractivity contribution in [3.8, 4) is 0 Å². The maximum atomic E-state index is 12.1. The summed E-state index contributed by atoms with van der Waals surface area (Å²) in [5, 5.41) is 4.40. The third kappa shape index (κ3) is 2.60. The van der Waals surface area contributed by atoms with Gasteiger partial charge in [-0.2, -0.15) is 0 Å². The number of hydrogen-bond donors (Lipinski definition) is 2. The summed E-state index contributed by atoms with van der Waals surface area (Å²) in [5.41, 5.74) is 6.75. The van der Waals surface area contributed by atoms with Crippen LogP contribution in [0.4, 0.5) is 10.7 Å². The fraction of sp³-hybridized carbons (Fsp3) is 0.583. The molecule has 2 rings (SSSR count). The number of anilines is 2. The van der Waals surface area contributed by atoms with Gasteiger partial charge < -0.3 is 11.1 Å². The molecule has 1 aromatic rings. The zero-order chi connectivity index (χ0) is 12.6. The number of thioether (sulfide) groups is 1. The van der Waals surface area contributed by atoms with Gasteiger partial charge in [-0.1, -0.05) is 0 Å². The third-order valence-electron chi connectivity index (χ3n) is 2.70.